The quantitative estimate of drug-likeness (QED) is 0.652. The lowest BCUT2D eigenvalue weighted by Crippen LogP contribution is -2.32. The van der Waals surface area contributed by atoms with Gasteiger partial charge in [0, 0.05) is 19.7 Å². The van der Waals surface area contributed by atoms with E-state index in [0.717, 1.165) is 42.5 Å². The summed E-state index contributed by atoms with van der Waals surface area (Å²) in [7, 11) is 3.32. The van der Waals surface area contributed by atoms with Crippen molar-refractivity contribution in [2.45, 2.75) is 26.3 Å². The number of amides is 1. The number of nitrogens with zero attached hydrogens (tertiary/aromatic N) is 3. The lowest BCUT2D eigenvalue weighted by Gasteiger charge is -2.22. The smallest absolute Gasteiger partial charge is 0.418 e. The molecule has 1 amide bonds. The summed E-state index contributed by atoms with van der Waals surface area (Å²) in [6, 6.07) is 6.91. The average Bonchev–Trinajstić information content (AvgIpc) is 3.00. The monoisotopic (exact) mass is 425 g/mol. The Morgan fingerprint density at radius 1 is 1.26 bits per heavy atom. The van der Waals surface area contributed by atoms with Crippen molar-refractivity contribution in [3.63, 3.8) is 0 Å². The number of methoxy groups -OCH3 is 1. The highest BCUT2D eigenvalue weighted by molar-refractivity contribution is 5.88. The molecule has 1 fully saturated rings. The largest absolute Gasteiger partial charge is 0.497 e. The van der Waals surface area contributed by atoms with E-state index in [1.807, 2.05) is 6.92 Å². The van der Waals surface area contributed by atoms with E-state index >= 15 is 0 Å². The molecule has 164 valence electrons. The number of rotatable bonds is 5. The maximum atomic E-state index is 12.8. The third-order valence-corrected chi connectivity index (χ3v) is 5.75. The normalized spacial score (nSPS) is 14.5. The van der Waals surface area contributed by atoms with Crippen molar-refractivity contribution in [3.8, 4) is 11.5 Å². The number of benzene rings is 1. The Morgan fingerprint density at radius 2 is 2.03 bits per heavy atom. The second-order valence-corrected chi connectivity index (χ2v) is 7.85. The molecule has 0 saturated carbocycles. The fraction of sp³-hybridized carbons (Fsp3) is 0.409. The van der Waals surface area contributed by atoms with Gasteiger partial charge < -0.3 is 14.8 Å². The van der Waals surface area contributed by atoms with Crippen LogP contribution in [0, 0.1) is 12.8 Å². The van der Waals surface area contributed by atoms with E-state index in [1.54, 1.807) is 53.8 Å². The molecule has 2 aromatic heterocycles. The van der Waals surface area contributed by atoms with E-state index in [-0.39, 0.29) is 5.69 Å². The highest BCUT2D eigenvalue weighted by atomic mass is 16.6. The third-order valence-electron chi connectivity index (χ3n) is 5.75. The standard InChI is InChI=1S/C22H27N5O4/c1-14-10-16(30-3)4-5-19(14)31-21(28)25-20-11-17-18(12-24-20)26(2)22(29)27(17)13-15-6-8-23-9-7-15/h4-5,10-12,15,23H,6-9,13H2,1-3H3,(H,24,25,28). The van der Waals surface area contributed by atoms with E-state index in [1.165, 1.54) is 0 Å². The number of ether oxygens (including phenoxy) is 2. The van der Waals surface area contributed by atoms with Crippen molar-refractivity contribution in [3.05, 3.63) is 46.5 Å². The van der Waals surface area contributed by atoms with Crippen LogP contribution in [0.25, 0.3) is 11.0 Å². The predicted octanol–water partition coefficient (Wildman–Crippen LogP) is 2.66. The summed E-state index contributed by atoms with van der Waals surface area (Å²) in [6.45, 7) is 4.42. The first kappa shape index (κ1) is 20.9. The molecular weight excluding hydrogens is 398 g/mol. The van der Waals surface area contributed by atoms with E-state index in [2.05, 4.69) is 15.6 Å². The molecule has 2 N–H and O–H groups in total. The minimum Gasteiger partial charge on any atom is -0.497 e. The van der Waals surface area contributed by atoms with Crippen molar-refractivity contribution >= 4 is 22.9 Å². The van der Waals surface area contributed by atoms with Crippen LogP contribution in [0.2, 0.25) is 0 Å². The van der Waals surface area contributed by atoms with Crippen LogP contribution in [0.5, 0.6) is 11.5 Å². The van der Waals surface area contributed by atoms with Gasteiger partial charge in [-0.15, -0.1) is 0 Å². The van der Waals surface area contributed by atoms with Gasteiger partial charge in [-0.05, 0) is 62.5 Å². The SMILES string of the molecule is COc1ccc(OC(=O)Nc2cc3c(cn2)n(C)c(=O)n3CC2CCNCC2)c(C)c1. The number of hydrogen-bond acceptors (Lipinski definition) is 6. The van der Waals surface area contributed by atoms with Crippen molar-refractivity contribution in [1.82, 2.24) is 19.4 Å². The van der Waals surface area contributed by atoms with Gasteiger partial charge >= 0.3 is 11.8 Å². The lowest BCUT2D eigenvalue weighted by molar-refractivity contribution is 0.214. The molecule has 0 bridgehead atoms. The Balaban J connectivity index is 1.55. The highest BCUT2D eigenvalue weighted by Crippen LogP contribution is 2.24. The predicted molar refractivity (Wildman–Crippen MR) is 118 cm³/mol. The van der Waals surface area contributed by atoms with Gasteiger partial charge in [-0.25, -0.2) is 14.6 Å². The Hall–Kier alpha value is -3.33. The van der Waals surface area contributed by atoms with Crippen LogP contribution in [0.1, 0.15) is 18.4 Å². The van der Waals surface area contributed by atoms with Crippen molar-refractivity contribution in [2.75, 3.05) is 25.5 Å². The zero-order valence-electron chi connectivity index (χ0n) is 18.0. The molecule has 0 unspecified atom stereocenters. The number of fused-ring (bicyclic) bond motifs is 1. The van der Waals surface area contributed by atoms with Gasteiger partial charge in [0.25, 0.3) is 0 Å². The van der Waals surface area contributed by atoms with E-state index in [4.69, 9.17) is 9.47 Å². The summed E-state index contributed by atoms with van der Waals surface area (Å²) in [5.74, 6) is 1.89. The summed E-state index contributed by atoms with van der Waals surface area (Å²) < 4.78 is 13.9. The van der Waals surface area contributed by atoms with Gasteiger partial charge in [0.15, 0.2) is 0 Å². The molecule has 3 aromatic rings. The average molecular weight is 425 g/mol. The molecule has 31 heavy (non-hydrogen) atoms. The van der Waals surface area contributed by atoms with Crippen LogP contribution in [-0.2, 0) is 13.6 Å². The Morgan fingerprint density at radius 3 is 2.74 bits per heavy atom. The molecular formula is C22H27N5O4. The molecule has 1 aliphatic heterocycles. The molecule has 3 heterocycles. The second-order valence-electron chi connectivity index (χ2n) is 7.85. The summed E-state index contributed by atoms with van der Waals surface area (Å²) in [4.78, 5) is 29.5. The molecule has 9 nitrogen and oxygen atoms in total. The Labute approximate surface area is 180 Å². The maximum absolute atomic E-state index is 12.8. The van der Waals surface area contributed by atoms with Crippen LogP contribution in [0.4, 0.5) is 10.6 Å². The van der Waals surface area contributed by atoms with Crippen molar-refractivity contribution in [1.29, 1.82) is 0 Å². The first-order valence-corrected chi connectivity index (χ1v) is 10.4. The van der Waals surface area contributed by atoms with Gasteiger partial charge in [0.1, 0.15) is 17.3 Å². The van der Waals surface area contributed by atoms with Crippen LogP contribution in [0.3, 0.4) is 0 Å². The minimum atomic E-state index is -0.650. The van der Waals surface area contributed by atoms with Crippen LogP contribution in [0.15, 0.2) is 35.3 Å². The fourth-order valence-electron chi connectivity index (χ4n) is 3.96. The number of piperidine rings is 1. The molecule has 4 rings (SSSR count). The van der Waals surface area contributed by atoms with Crippen LogP contribution < -0.4 is 25.8 Å². The topological polar surface area (TPSA) is 99.4 Å². The molecule has 1 saturated heterocycles. The van der Waals surface area contributed by atoms with Gasteiger partial charge in [-0.1, -0.05) is 0 Å². The van der Waals surface area contributed by atoms with Crippen LogP contribution >= 0.6 is 0 Å². The molecule has 9 heteroatoms. The Kier molecular flexibility index (Phi) is 5.94. The number of aryl methyl sites for hydroxylation is 2. The molecule has 0 atom stereocenters. The van der Waals surface area contributed by atoms with E-state index in [0.29, 0.717) is 29.8 Å². The number of imidazole rings is 1. The molecule has 1 aliphatic rings. The number of anilines is 1. The summed E-state index contributed by atoms with van der Waals surface area (Å²) >= 11 is 0. The Bertz CT molecular complexity index is 1160. The molecule has 0 aliphatic carbocycles. The second kappa shape index (κ2) is 8.81. The van der Waals surface area contributed by atoms with Crippen molar-refractivity contribution in [2.24, 2.45) is 13.0 Å². The van der Waals surface area contributed by atoms with Gasteiger partial charge in [-0.3, -0.25) is 14.5 Å². The summed E-state index contributed by atoms with van der Waals surface area (Å²) in [6.07, 6.45) is 3.02. The number of hydrogen-bond donors (Lipinski definition) is 2. The first-order chi connectivity index (χ1) is 15.0. The first-order valence-electron chi connectivity index (χ1n) is 10.4. The zero-order valence-corrected chi connectivity index (χ0v) is 18.0. The molecule has 0 spiro atoms. The summed E-state index contributed by atoms with van der Waals surface area (Å²) in [5, 5.41) is 6.01. The number of pyridine rings is 1. The number of aromatic nitrogens is 3. The zero-order chi connectivity index (χ0) is 22.0. The highest BCUT2D eigenvalue weighted by Gasteiger charge is 2.19. The number of carbonyl (C=O) groups excluding carboxylic acids is 1. The van der Waals surface area contributed by atoms with Gasteiger partial charge in [0.2, 0.25) is 0 Å². The minimum absolute atomic E-state index is 0.0797. The fourth-order valence-corrected chi connectivity index (χ4v) is 3.96. The lowest BCUT2D eigenvalue weighted by atomic mass is 9.98. The number of nitrogens with one attached hydrogen (secondary N) is 2. The van der Waals surface area contributed by atoms with E-state index < -0.39 is 6.09 Å². The third kappa shape index (κ3) is 4.41. The van der Waals surface area contributed by atoms with Crippen LogP contribution in [-0.4, -0.2) is 40.4 Å². The maximum Gasteiger partial charge on any atom is 0.418 e. The van der Waals surface area contributed by atoms with Gasteiger partial charge in [0.05, 0.1) is 24.3 Å². The molecule has 0 radical (unpaired) electrons. The molecule has 1 aromatic carbocycles. The summed E-state index contributed by atoms with van der Waals surface area (Å²) in [5.41, 5.74) is 2.17. The van der Waals surface area contributed by atoms with E-state index in [9.17, 15) is 9.59 Å². The number of carbonyl (C=O) groups is 1. The van der Waals surface area contributed by atoms with Gasteiger partial charge in [-0.2, -0.15) is 0 Å². The van der Waals surface area contributed by atoms with Crippen molar-refractivity contribution < 1.29 is 14.3 Å².